The van der Waals surface area contributed by atoms with E-state index in [0.717, 1.165) is 0 Å². The van der Waals surface area contributed by atoms with E-state index >= 15 is 0 Å². The molecule has 2 aromatic carbocycles. The van der Waals surface area contributed by atoms with E-state index < -0.39 is 10.1 Å². The highest BCUT2D eigenvalue weighted by Gasteiger charge is 2.20. The second kappa shape index (κ2) is 6.36. The van der Waals surface area contributed by atoms with Gasteiger partial charge in [0.05, 0.1) is 18.7 Å². The summed E-state index contributed by atoms with van der Waals surface area (Å²) in [6.07, 6.45) is 0. The molecule has 0 saturated carbocycles. The fraction of sp³-hybridized carbons (Fsp3) is 0.143. The van der Waals surface area contributed by atoms with E-state index in [-0.39, 0.29) is 10.6 Å². The summed E-state index contributed by atoms with van der Waals surface area (Å²) in [6.45, 7) is 0. The Hall–Kier alpha value is -1.73. The molecule has 2 rings (SSSR count). The molecule has 0 saturated heterocycles. The number of methoxy groups -OCH3 is 2. The lowest BCUT2D eigenvalue weighted by Crippen LogP contribution is -2.10. The second-order valence-electron chi connectivity index (χ2n) is 3.98. The Morgan fingerprint density at radius 1 is 0.905 bits per heavy atom. The monoisotopic (exact) mass is 372 g/mol. The summed E-state index contributed by atoms with van der Waals surface area (Å²) >= 11 is 3.24. The minimum absolute atomic E-state index is 0.0149. The lowest BCUT2D eigenvalue weighted by molar-refractivity contribution is 0.390. The maximum Gasteiger partial charge on any atom is 0.339 e. The third-order valence-electron chi connectivity index (χ3n) is 2.68. The lowest BCUT2D eigenvalue weighted by atomic mass is 10.3. The average Bonchev–Trinajstić information content (AvgIpc) is 2.47. The average molecular weight is 373 g/mol. The minimum Gasteiger partial charge on any atom is -0.496 e. The molecule has 0 amide bonds. The van der Waals surface area contributed by atoms with Gasteiger partial charge in [-0.25, -0.2) is 0 Å². The van der Waals surface area contributed by atoms with Gasteiger partial charge in [-0.1, -0.05) is 12.1 Å². The van der Waals surface area contributed by atoms with Crippen molar-refractivity contribution in [3.05, 3.63) is 46.9 Å². The minimum atomic E-state index is -3.96. The number of benzene rings is 2. The second-order valence-corrected chi connectivity index (χ2v) is 6.39. The molecule has 21 heavy (non-hydrogen) atoms. The number of para-hydroxylation sites is 2. The highest BCUT2D eigenvalue weighted by molar-refractivity contribution is 9.10. The standard InChI is InChI=1S/C14H13BrO5S/c1-18-12-8-7-10(9-11(12)15)21(16,17)20-14-6-4-3-5-13(14)19-2/h3-9H,1-2H3. The molecule has 2 aromatic rings. The van der Waals surface area contributed by atoms with Crippen LogP contribution in [0.5, 0.6) is 17.2 Å². The fourth-order valence-corrected chi connectivity index (χ4v) is 3.32. The molecule has 0 aliphatic heterocycles. The first-order valence-corrected chi connectivity index (χ1v) is 8.09. The first kappa shape index (κ1) is 15.7. The van der Waals surface area contributed by atoms with E-state index in [4.69, 9.17) is 13.7 Å². The van der Waals surface area contributed by atoms with Crippen LogP contribution in [0.3, 0.4) is 0 Å². The van der Waals surface area contributed by atoms with Crippen molar-refractivity contribution in [3.8, 4) is 17.2 Å². The molecule has 0 heterocycles. The summed E-state index contributed by atoms with van der Waals surface area (Å²) in [7, 11) is -1.02. The van der Waals surface area contributed by atoms with Crippen molar-refractivity contribution in [1.82, 2.24) is 0 Å². The highest BCUT2D eigenvalue weighted by Crippen LogP contribution is 2.31. The Bertz CT molecular complexity index is 743. The van der Waals surface area contributed by atoms with Gasteiger partial charge in [-0.2, -0.15) is 8.42 Å². The molecule has 112 valence electrons. The first-order valence-electron chi connectivity index (χ1n) is 5.89. The van der Waals surface area contributed by atoms with Crippen LogP contribution in [0.15, 0.2) is 51.8 Å². The molecule has 0 N–H and O–H groups in total. The van der Waals surface area contributed by atoms with Crippen LogP contribution in [0, 0.1) is 0 Å². The molecule has 0 bridgehead atoms. The van der Waals surface area contributed by atoms with E-state index in [0.29, 0.717) is 16.0 Å². The van der Waals surface area contributed by atoms with Gasteiger partial charge >= 0.3 is 10.1 Å². The van der Waals surface area contributed by atoms with Crippen LogP contribution in [-0.4, -0.2) is 22.6 Å². The van der Waals surface area contributed by atoms with Crippen LogP contribution in [0.4, 0.5) is 0 Å². The molecular weight excluding hydrogens is 360 g/mol. The van der Waals surface area contributed by atoms with E-state index in [9.17, 15) is 8.42 Å². The molecule has 7 heteroatoms. The smallest absolute Gasteiger partial charge is 0.339 e. The third-order valence-corrected chi connectivity index (χ3v) is 4.53. The largest absolute Gasteiger partial charge is 0.496 e. The Kier molecular flexibility index (Phi) is 4.74. The van der Waals surface area contributed by atoms with Gasteiger partial charge in [-0.05, 0) is 46.3 Å². The highest BCUT2D eigenvalue weighted by atomic mass is 79.9. The molecule has 0 radical (unpaired) electrons. The van der Waals surface area contributed by atoms with Crippen molar-refractivity contribution < 1.29 is 22.1 Å². The van der Waals surface area contributed by atoms with Crippen molar-refractivity contribution in [3.63, 3.8) is 0 Å². The molecule has 0 fully saturated rings. The predicted molar refractivity (Wildman–Crippen MR) is 81.5 cm³/mol. The summed E-state index contributed by atoms with van der Waals surface area (Å²) in [5.74, 6) is 1.01. The quantitative estimate of drug-likeness (QED) is 0.753. The van der Waals surface area contributed by atoms with E-state index in [1.165, 1.54) is 32.4 Å². The Balaban J connectivity index is 2.36. The van der Waals surface area contributed by atoms with Gasteiger partial charge in [-0.3, -0.25) is 0 Å². The Morgan fingerprint density at radius 3 is 2.10 bits per heavy atom. The summed E-state index contributed by atoms with van der Waals surface area (Å²) in [5, 5.41) is 0. The molecule has 0 spiro atoms. The van der Waals surface area contributed by atoms with Crippen LogP contribution < -0.4 is 13.7 Å². The van der Waals surface area contributed by atoms with Gasteiger partial charge in [0, 0.05) is 0 Å². The lowest BCUT2D eigenvalue weighted by Gasteiger charge is -2.11. The van der Waals surface area contributed by atoms with Gasteiger partial charge in [-0.15, -0.1) is 0 Å². The topological polar surface area (TPSA) is 61.8 Å². The maximum atomic E-state index is 12.3. The molecule has 0 aliphatic rings. The van der Waals surface area contributed by atoms with Gasteiger partial charge < -0.3 is 13.7 Å². The van der Waals surface area contributed by atoms with Crippen molar-refractivity contribution in [1.29, 1.82) is 0 Å². The van der Waals surface area contributed by atoms with Crippen molar-refractivity contribution in [2.45, 2.75) is 4.90 Å². The summed E-state index contributed by atoms with van der Waals surface area (Å²) in [6, 6.07) is 10.9. The fourth-order valence-electron chi connectivity index (χ4n) is 1.66. The summed E-state index contributed by atoms with van der Waals surface area (Å²) < 4.78 is 40.3. The van der Waals surface area contributed by atoms with E-state index in [2.05, 4.69) is 15.9 Å². The maximum absolute atomic E-state index is 12.3. The SMILES string of the molecule is COc1ccc(S(=O)(=O)Oc2ccccc2OC)cc1Br. The number of rotatable bonds is 5. The Labute approximate surface area is 131 Å². The summed E-state index contributed by atoms with van der Waals surface area (Å²) in [4.78, 5) is 0.0149. The van der Waals surface area contributed by atoms with Gasteiger partial charge in [0.15, 0.2) is 11.5 Å². The van der Waals surface area contributed by atoms with Crippen LogP contribution >= 0.6 is 15.9 Å². The number of halogens is 1. The zero-order valence-corrected chi connectivity index (χ0v) is 13.8. The van der Waals surface area contributed by atoms with Gasteiger partial charge in [0.2, 0.25) is 0 Å². The predicted octanol–water partition coefficient (Wildman–Crippen LogP) is 3.23. The van der Waals surface area contributed by atoms with Gasteiger partial charge in [0.1, 0.15) is 10.6 Å². The van der Waals surface area contributed by atoms with Gasteiger partial charge in [0.25, 0.3) is 0 Å². The molecule has 0 aliphatic carbocycles. The molecule has 0 unspecified atom stereocenters. The van der Waals surface area contributed by atoms with Crippen LogP contribution in [0.1, 0.15) is 0 Å². The number of hydrogen-bond acceptors (Lipinski definition) is 5. The van der Waals surface area contributed by atoms with Crippen LogP contribution in [-0.2, 0) is 10.1 Å². The molecule has 0 aromatic heterocycles. The van der Waals surface area contributed by atoms with Crippen LogP contribution in [0.25, 0.3) is 0 Å². The zero-order valence-electron chi connectivity index (χ0n) is 11.4. The molecule has 5 nitrogen and oxygen atoms in total. The van der Waals surface area contributed by atoms with E-state index in [1.54, 1.807) is 24.3 Å². The Morgan fingerprint density at radius 2 is 1.52 bits per heavy atom. The van der Waals surface area contributed by atoms with Crippen LogP contribution in [0.2, 0.25) is 0 Å². The van der Waals surface area contributed by atoms with E-state index in [1.807, 2.05) is 0 Å². The number of hydrogen-bond donors (Lipinski definition) is 0. The third kappa shape index (κ3) is 3.48. The normalized spacial score (nSPS) is 11.0. The van der Waals surface area contributed by atoms with Crippen molar-refractivity contribution in [2.75, 3.05) is 14.2 Å². The number of ether oxygens (including phenoxy) is 2. The molecule has 0 atom stereocenters. The first-order chi connectivity index (χ1) is 9.97. The van der Waals surface area contributed by atoms with Crippen molar-refractivity contribution >= 4 is 26.0 Å². The zero-order chi connectivity index (χ0) is 15.5. The van der Waals surface area contributed by atoms with Crippen molar-refractivity contribution in [2.24, 2.45) is 0 Å². The molecular formula is C14H13BrO5S. The summed E-state index contributed by atoms with van der Waals surface area (Å²) in [5.41, 5.74) is 0.